The van der Waals surface area contributed by atoms with Crippen molar-refractivity contribution >= 4 is 82.1 Å². The van der Waals surface area contributed by atoms with Gasteiger partial charge >= 0.3 is 0 Å². The molecule has 13 rings (SSSR count). The second-order valence-electron chi connectivity index (χ2n) is 17.2. The van der Waals surface area contributed by atoms with Crippen LogP contribution in [-0.2, 0) is 0 Å². The van der Waals surface area contributed by atoms with Crippen LogP contribution in [0.1, 0.15) is 0 Å². The van der Waals surface area contributed by atoms with Gasteiger partial charge in [0, 0.05) is 33.1 Å². The highest BCUT2D eigenvalue weighted by molar-refractivity contribution is 6.19. The van der Waals surface area contributed by atoms with Crippen LogP contribution in [0.4, 0.5) is 17.1 Å². The lowest BCUT2D eigenvalue weighted by Crippen LogP contribution is -2.11. The van der Waals surface area contributed by atoms with E-state index < -0.39 is 0 Å². The van der Waals surface area contributed by atoms with Crippen molar-refractivity contribution in [2.45, 2.75) is 0 Å². The average Bonchev–Trinajstić information content (AvgIpc) is 3.79. The molecule has 66 heavy (non-hydrogen) atoms. The zero-order chi connectivity index (χ0) is 43.6. The number of anilines is 3. The largest absolute Gasteiger partial charge is 0.455 e. The Bertz CT molecular complexity index is 3990. The lowest BCUT2D eigenvalue weighted by molar-refractivity contribution is 0.673. The zero-order valence-corrected chi connectivity index (χ0v) is 36.0. The summed E-state index contributed by atoms with van der Waals surface area (Å²) in [7, 11) is 0. The SMILES string of the molecule is c1ccc(-c2ccc(-c3cccc4c3ccc3ccccc34)cc2N(c2ccc(-c3cccc4ccccc34)cc2)c2cccc(-c3cccc4oc5c6ccccc6ccc5c34)c2)cc1. The predicted molar refractivity (Wildman–Crippen MR) is 280 cm³/mol. The molecule has 1 heterocycles. The summed E-state index contributed by atoms with van der Waals surface area (Å²) in [4.78, 5) is 2.45. The molecule has 0 radical (unpaired) electrons. The molecule has 0 unspecified atom stereocenters. The molecule has 0 aliphatic rings. The standard InChI is InChI=1S/C64H41NO/c1-2-14-43(15-3-1)55-37-34-48(54-26-12-28-58-53-23-8-5-17-44(53)32-38-59(54)58)41-61(55)65(49-35-30-46(31-36-49)52-25-11-19-42-16-4-7-22-51(42)52)50-21-10-20-47(40-50)56-27-13-29-62-63(56)60-39-33-45-18-6-9-24-57(45)64(60)66-62/h1-41H. The van der Waals surface area contributed by atoms with Crippen molar-refractivity contribution in [3.8, 4) is 44.5 Å². The highest BCUT2D eigenvalue weighted by Gasteiger charge is 2.22. The van der Waals surface area contributed by atoms with Gasteiger partial charge in [-0.25, -0.2) is 0 Å². The Morgan fingerprint density at radius 2 is 0.818 bits per heavy atom. The molecule has 12 aromatic carbocycles. The van der Waals surface area contributed by atoms with Gasteiger partial charge in [-0.15, -0.1) is 0 Å². The van der Waals surface area contributed by atoms with E-state index in [1.165, 1.54) is 54.4 Å². The number of fused-ring (bicyclic) bond motifs is 9. The summed E-state index contributed by atoms with van der Waals surface area (Å²) in [6.45, 7) is 0. The number of rotatable bonds is 7. The molecule has 0 fully saturated rings. The third kappa shape index (κ3) is 6.26. The maximum atomic E-state index is 6.68. The average molecular weight is 840 g/mol. The van der Waals surface area contributed by atoms with Gasteiger partial charge in [-0.05, 0) is 119 Å². The molecule has 0 N–H and O–H groups in total. The Kier molecular flexibility index (Phi) is 8.89. The molecule has 1 aromatic heterocycles. The highest BCUT2D eigenvalue weighted by atomic mass is 16.3. The van der Waals surface area contributed by atoms with Gasteiger partial charge in [0.25, 0.3) is 0 Å². The lowest BCUT2D eigenvalue weighted by Gasteiger charge is -2.29. The smallest absolute Gasteiger partial charge is 0.143 e. The summed E-state index contributed by atoms with van der Waals surface area (Å²) in [5.74, 6) is 0. The van der Waals surface area contributed by atoms with Crippen LogP contribution >= 0.6 is 0 Å². The fraction of sp³-hybridized carbons (Fsp3) is 0. The Labute approximate surface area is 382 Å². The first kappa shape index (κ1) is 37.8. The maximum absolute atomic E-state index is 6.68. The van der Waals surface area contributed by atoms with Crippen LogP contribution in [0.2, 0.25) is 0 Å². The summed E-state index contributed by atoms with van der Waals surface area (Å²) in [6.07, 6.45) is 0. The van der Waals surface area contributed by atoms with Crippen LogP contribution in [0.15, 0.2) is 253 Å². The van der Waals surface area contributed by atoms with E-state index in [2.05, 4.69) is 254 Å². The number of hydrogen-bond donors (Lipinski definition) is 0. The van der Waals surface area contributed by atoms with Gasteiger partial charge in [-0.2, -0.15) is 0 Å². The number of furan rings is 1. The molecule has 2 nitrogen and oxygen atoms in total. The monoisotopic (exact) mass is 839 g/mol. The van der Waals surface area contributed by atoms with E-state index in [0.717, 1.165) is 72.2 Å². The summed E-state index contributed by atoms with van der Waals surface area (Å²) in [5, 5.41) is 12.0. The highest BCUT2D eigenvalue weighted by Crippen LogP contribution is 2.47. The Morgan fingerprint density at radius 3 is 1.64 bits per heavy atom. The molecular weight excluding hydrogens is 799 g/mol. The van der Waals surface area contributed by atoms with Crippen molar-refractivity contribution in [2.24, 2.45) is 0 Å². The van der Waals surface area contributed by atoms with Gasteiger partial charge in [0.1, 0.15) is 11.2 Å². The van der Waals surface area contributed by atoms with Crippen molar-refractivity contribution in [3.05, 3.63) is 249 Å². The molecule has 0 aliphatic heterocycles. The summed E-state index contributed by atoms with van der Waals surface area (Å²) < 4.78 is 6.68. The van der Waals surface area contributed by atoms with Gasteiger partial charge in [0.15, 0.2) is 0 Å². The first-order valence-corrected chi connectivity index (χ1v) is 22.7. The molecule has 2 heteroatoms. The van der Waals surface area contributed by atoms with Crippen LogP contribution in [0.3, 0.4) is 0 Å². The maximum Gasteiger partial charge on any atom is 0.143 e. The Hall–Kier alpha value is -8.72. The second kappa shape index (κ2) is 15.5. The number of benzene rings is 12. The van der Waals surface area contributed by atoms with Gasteiger partial charge in [0.05, 0.1) is 5.69 Å². The van der Waals surface area contributed by atoms with E-state index in [9.17, 15) is 0 Å². The fourth-order valence-corrected chi connectivity index (χ4v) is 10.3. The molecule has 0 saturated carbocycles. The molecular formula is C64H41NO. The molecule has 0 spiro atoms. The molecule has 308 valence electrons. The Morgan fingerprint density at radius 1 is 0.273 bits per heavy atom. The number of nitrogens with zero attached hydrogens (tertiary/aromatic N) is 1. The quantitative estimate of drug-likeness (QED) is 0.149. The summed E-state index contributed by atoms with van der Waals surface area (Å²) in [5.41, 5.74) is 14.3. The van der Waals surface area contributed by atoms with Gasteiger partial charge < -0.3 is 9.32 Å². The minimum absolute atomic E-state index is 0.882. The van der Waals surface area contributed by atoms with E-state index in [1.807, 2.05) is 0 Å². The van der Waals surface area contributed by atoms with Crippen LogP contribution in [0.25, 0.3) is 110 Å². The minimum Gasteiger partial charge on any atom is -0.455 e. The Balaban J connectivity index is 1.04. The van der Waals surface area contributed by atoms with Gasteiger partial charge in [-0.3, -0.25) is 0 Å². The molecule has 0 saturated heterocycles. The third-order valence-corrected chi connectivity index (χ3v) is 13.4. The minimum atomic E-state index is 0.882. The van der Waals surface area contributed by atoms with E-state index in [0.29, 0.717) is 0 Å². The first-order valence-electron chi connectivity index (χ1n) is 22.7. The van der Waals surface area contributed by atoms with Crippen LogP contribution < -0.4 is 4.90 Å². The topological polar surface area (TPSA) is 16.4 Å². The van der Waals surface area contributed by atoms with E-state index >= 15 is 0 Å². The van der Waals surface area contributed by atoms with E-state index in [4.69, 9.17) is 4.42 Å². The van der Waals surface area contributed by atoms with Crippen LogP contribution in [-0.4, -0.2) is 0 Å². The molecule has 0 amide bonds. The molecule has 13 aromatic rings. The van der Waals surface area contributed by atoms with Crippen LogP contribution in [0, 0.1) is 0 Å². The van der Waals surface area contributed by atoms with Crippen molar-refractivity contribution in [1.29, 1.82) is 0 Å². The van der Waals surface area contributed by atoms with E-state index in [1.54, 1.807) is 0 Å². The molecule has 0 aliphatic carbocycles. The molecule has 0 atom stereocenters. The fourth-order valence-electron chi connectivity index (χ4n) is 10.3. The summed E-state index contributed by atoms with van der Waals surface area (Å²) in [6, 6.07) is 90.4. The van der Waals surface area contributed by atoms with Crippen molar-refractivity contribution < 1.29 is 4.42 Å². The van der Waals surface area contributed by atoms with Gasteiger partial charge in [-0.1, -0.05) is 206 Å². The first-order chi connectivity index (χ1) is 32.7. The summed E-state index contributed by atoms with van der Waals surface area (Å²) >= 11 is 0. The third-order valence-electron chi connectivity index (χ3n) is 13.4. The van der Waals surface area contributed by atoms with Crippen LogP contribution in [0.5, 0.6) is 0 Å². The lowest BCUT2D eigenvalue weighted by atomic mass is 9.92. The number of hydrogen-bond acceptors (Lipinski definition) is 2. The predicted octanol–water partition coefficient (Wildman–Crippen LogP) is 18.3. The normalized spacial score (nSPS) is 11.6. The second-order valence-corrected chi connectivity index (χ2v) is 17.2. The molecule has 0 bridgehead atoms. The van der Waals surface area contributed by atoms with Crippen molar-refractivity contribution in [1.82, 2.24) is 0 Å². The van der Waals surface area contributed by atoms with E-state index in [-0.39, 0.29) is 0 Å². The zero-order valence-electron chi connectivity index (χ0n) is 36.0. The van der Waals surface area contributed by atoms with Crippen molar-refractivity contribution in [2.75, 3.05) is 4.90 Å². The van der Waals surface area contributed by atoms with Crippen molar-refractivity contribution in [3.63, 3.8) is 0 Å². The van der Waals surface area contributed by atoms with Gasteiger partial charge in [0.2, 0.25) is 0 Å².